The molecule has 104 valence electrons. The molecule has 4 heteroatoms. The van der Waals surface area contributed by atoms with Crippen LogP contribution in [0.4, 0.5) is 0 Å². The molecule has 3 nitrogen and oxygen atoms in total. The molecule has 2 aliphatic rings. The first-order chi connectivity index (χ1) is 8.72. The van der Waals surface area contributed by atoms with Crippen molar-refractivity contribution in [3.63, 3.8) is 0 Å². The summed E-state index contributed by atoms with van der Waals surface area (Å²) in [7, 11) is 0. The minimum absolute atomic E-state index is 0.243. The molecular weight excluding hydrogens is 250 g/mol. The molecule has 2 saturated heterocycles. The van der Waals surface area contributed by atoms with Gasteiger partial charge in [-0.15, -0.1) is 11.6 Å². The molecule has 18 heavy (non-hydrogen) atoms. The SMILES string of the molecule is CCC(Cl)C(=O)OCC1CCCN2CCCCC12. The number of piperidine rings is 2. The monoisotopic (exact) mass is 273 g/mol. The topological polar surface area (TPSA) is 29.5 Å². The average Bonchev–Trinajstić information content (AvgIpc) is 2.43. The van der Waals surface area contributed by atoms with Gasteiger partial charge in [-0.2, -0.15) is 0 Å². The molecule has 2 rings (SSSR count). The highest BCUT2D eigenvalue weighted by molar-refractivity contribution is 6.29. The van der Waals surface area contributed by atoms with Crippen LogP contribution in [0.3, 0.4) is 0 Å². The van der Waals surface area contributed by atoms with Gasteiger partial charge in [-0.1, -0.05) is 13.3 Å². The normalized spacial score (nSPS) is 30.6. The predicted molar refractivity (Wildman–Crippen MR) is 72.8 cm³/mol. The van der Waals surface area contributed by atoms with Crippen molar-refractivity contribution in [1.29, 1.82) is 0 Å². The third kappa shape index (κ3) is 3.39. The summed E-state index contributed by atoms with van der Waals surface area (Å²) in [6.07, 6.45) is 6.96. The third-order valence-corrected chi connectivity index (χ3v) is 4.77. The Morgan fingerprint density at radius 3 is 2.89 bits per heavy atom. The number of carbonyl (C=O) groups is 1. The lowest BCUT2D eigenvalue weighted by molar-refractivity contribution is -0.146. The Balaban J connectivity index is 1.82. The first kappa shape index (κ1) is 14.1. The summed E-state index contributed by atoms with van der Waals surface area (Å²) >= 11 is 5.89. The van der Waals surface area contributed by atoms with Gasteiger partial charge in [-0.3, -0.25) is 9.69 Å². The zero-order chi connectivity index (χ0) is 13.0. The summed E-state index contributed by atoms with van der Waals surface area (Å²) in [6, 6.07) is 0.635. The molecule has 2 fully saturated rings. The van der Waals surface area contributed by atoms with Crippen molar-refractivity contribution >= 4 is 17.6 Å². The summed E-state index contributed by atoms with van der Waals surface area (Å²) < 4.78 is 5.39. The standard InChI is InChI=1S/C14H24ClNO2/c1-2-12(15)14(17)18-10-11-6-5-9-16-8-4-3-7-13(11)16/h11-13H,2-10H2,1H3. The number of fused-ring (bicyclic) bond motifs is 1. The lowest BCUT2D eigenvalue weighted by atomic mass is 9.84. The summed E-state index contributed by atoms with van der Waals surface area (Å²) in [6.45, 7) is 4.91. The molecule has 0 radical (unpaired) electrons. The zero-order valence-electron chi connectivity index (χ0n) is 11.2. The van der Waals surface area contributed by atoms with Crippen molar-refractivity contribution in [1.82, 2.24) is 4.90 Å². The molecule has 2 aliphatic heterocycles. The van der Waals surface area contributed by atoms with E-state index in [2.05, 4.69) is 4.90 Å². The van der Waals surface area contributed by atoms with Crippen LogP contribution in [0.5, 0.6) is 0 Å². The largest absolute Gasteiger partial charge is 0.464 e. The van der Waals surface area contributed by atoms with Gasteiger partial charge in [0.15, 0.2) is 0 Å². The van der Waals surface area contributed by atoms with Crippen LogP contribution in [0.1, 0.15) is 45.4 Å². The van der Waals surface area contributed by atoms with Gasteiger partial charge in [0.2, 0.25) is 0 Å². The number of rotatable bonds is 4. The minimum atomic E-state index is -0.476. The quantitative estimate of drug-likeness (QED) is 0.583. The van der Waals surface area contributed by atoms with E-state index in [1.807, 2.05) is 6.92 Å². The lowest BCUT2D eigenvalue weighted by Crippen LogP contribution is -2.49. The van der Waals surface area contributed by atoms with E-state index in [1.165, 1.54) is 45.2 Å². The first-order valence-corrected chi connectivity index (χ1v) is 7.70. The number of ether oxygens (including phenoxy) is 1. The van der Waals surface area contributed by atoms with E-state index in [9.17, 15) is 4.79 Å². The van der Waals surface area contributed by atoms with E-state index in [4.69, 9.17) is 16.3 Å². The highest BCUT2D eigenvalue weighted by atomic mass is 35.5. The van der Waals surface area contributed by atoms with Crippen LogP contribution in [-0.4, -0.2) is 42.0 Å². The summed E-state index contributed by atoms with van der Waals surface area (Å²) in [5.41, 5.74) is 0. The molecule has 0 spiro atoms. The summed E-state index contributed by atoms with van der Waals surface area (Å²) in [4.78, 5) is 14.2. The Morgan fingerprint density at radius 2 is 2.11 bits per heavy atom. The van der Waals surface area contributed by atoms with Gasteiger partial charge in [0.25, 0.3) is 0 Å². The van der Waals surface area contributed by atoms with E-state index in [0.717, 1.165) is 0 Å². The van der Waals surface area contributed by atoms with E-state index >= 15 is 0 Å². The lowest BCUT2D eigenvalue weighted by Gasteiger charge is -2.44. The van der Waals surface area contributed by atoms with E-state index in [1.54, 1.807) is 0 Å². The van der Waals surface area contributed by atoms with Crippen LogP contribution in [0.15, 0.2) is 0 Å². The Labute approximate surface area is 115 Å². The van der Waals surface area contributed by atoms with Crippen LogP contribution in [0.25, 0.3) is 0 Å². The molecule has 0 aliphatic carbocycles. The van der Waals surface area contributed by atoms with Crippen molar-refractivity contribution in [2.75, 3.05) is 19.7 Å². The van der Waals surface area contributed by atoms with Gasteiger partial charge < -0.3 is 4.74 Å². The second-order valence-electron chi connectivity index (χ2n) is 5.51. The number of alkyl halides is 1. The number of esters is 1. The smallest absolute Gasteiger partial charge is 0.324 e. The second kappa shape index (κ2) is 6.76. The second-order valence-corrected chi connectivity index (χ2v) is 6.03. The molecule has 3 atom stereocenters. The number of carbonyl (C=O) groups excluding carboxylic acids is 1. The summed E-state index contributed by atoms with van der Waals surface area (Å²) in [5, 5.41) is -0.476. The highest BCUT2D eigenvalue weighted by Crippen LogP contribution is 2.31. The van der Waals surface area contributed by atoms with Crippen molar-refractivity contribution in [3.05, 3.63) is 0 Å². The molecule has 0 N–H and O–H groups in total. The molecule has 0 aromatic carbocycles. The van der Waals surface area contributed by atoms with Crippen molar-refractivity contribution < 1.29 is 9.53 Å². The van der Waals surface area contributed by atoms with Gasteiger partial charge >= 0.3 is 5.97 Å². The van der Waals surface area contributed by atoms with Crippen LogP contribution in [-0.2, 0) is 9.53 Å². The van der Waals surface area contributed by atoms with Gasteiger partial charge in [0.1, 0.15) is 5.38 Å². The Bertz CT molecular complexity index is 283. The molecule has 0 aromatic rings. The van der Waals surface area contributed by atoms with Crippen molar-refractivity contribution in [3.8, 4) is 0 Å². The van der Waals surface area contributed by atoms with Crippen LogP contribution in [0, 0.1) is 5.92 Å². The van der Waals surface area contributed by atoms with Crippen molar-refractivity contribution in [2.24, 2.45) is 5.92 Å². The molecular formula is C14H24ClNO2. The van der Waals surface area contributed by atoms with Crippen LogP contribution in [0.2, 0.25) is 0 Å². The zero-order valence-corrected chi connectivity index (χ0v) is 12.0. The number of hydrogen-bond acceptors (Lipinski definition) is 3. The van der Waals surface area contributed by atoms with Gasteiger partial charge in [-0.05, 0) is 45.2 Å². The molecule has 0 saturated carbocycles. The maximum absolute atomic E-state index is 11.6. The van der Waals surface area contributed by atoms with Crippen LogP contribution < -0.4 is 0 Å². The van der Waals surface area contributed by atoms with E-state index in [-0.39, 0.29) is 5.97 Å². The third-order valence-electron chi connectivity index (χ3n) is 4.28. The Kier molecular flexibility index (Phi) is 5.31. The van der Waals surface area contributed by atoms with E-state index in [0.29, 0.717) is 25.0 Å². The molecule has 0 amide bonds. The van der Waals surface area contributed by atoms with E-state index < -0.39 is 5.38 Å². The average molecular weight is 274 g/mol. The fourth-order valence-electron chi connectivity index (χ4n) is 3.22. The van der Waals surface area contributed by atoms with Crippen molar-refractivity contribution in [2.45, 2.75) is 56.9 Å². The molecule has 0 bridgehead atoms. The number of hydrogen-bond donors (Lipinski definition) is 0. The Morgan fingerprint density at radius 1 is 1.33 bits per heavy atom. The van der Waals surface area contributed by atoms with Crippen LogP contribution >= 0.6 is 11.6 Å². The summed E-state index contributed by atoms with van der Waals surface area (Å²) in [5.74, 6) is 0.274. The highest BCUT2D eigenvalue weighted by Gasteiger charge is 2.33. The predicted octanol–water partition coefficient (Wildman–Crippen LogP) is 2.81. The maximum atomic E-state index is 11.6. The fraction of sp³-hybridized carbons (Fsp3) is 0.929. The minimum Gasteiger partial charge on any atom is -0.464 e. The first-order valence-electron chi connectivity index (χ1n) is 7.27. The van der Waals surface area contributed by atoms with Gasteiger partial charge in [-0.25, -0.2) is 0 Å². The molecule has 3 unspecified atom stereocenters. The number of halogens is 1. The fourth-order valence-corrected chi connectivity index (χ4v) is 3.28. The van der Waals surface area contributed by atoms with Gasteiger partial charge in [0.05, 0.1) is 6.61 Å². The Hall–Kier alpha value is -0.280. The maximum Gasteiger partial charge on any atom is 0.324 e. The molecule has 0 aromatic heterocycles. The molecule has 2 heterocycles. The van der Waals surface area contributed by atoms with Gasteiger partial charge in [0, 0.05) is 12.0 Å². The number of nitrogens with zero attached hydrogens (tertiary/aromatic N) is 1.